The van der Waals surface area contributed by atoms with Crippen LogP contribution in [0.3, 0.4) is 0 Å². The Hall–Kier alpha value is -1.02. The van der Waals surface area contributed by atoms with Gasteiger partial charge in [-0.25, -0.2) is 0 Å². The highest BCUT2D eigenvalue weighted by Crippen LogP contribution is 2.29. The smallest absolute Gasteiger partial charge is 0.270 e. The third kappa shape index (κ3) is 3.01. The van der Waals surface area contributed by atoms with Crippen molar-refractivity contribution < 1.29 is 22.4 Å². The van der Waals surface area contributed by atoms with E-state index in [1.165, 1.54) is 6.07 Å². The summed E-state index contributed by atoms with van der Waals surface area (Å²) >= 11 is 0. The van der Waals surface area contributed by atoms with Gasteiger partial charge >= 0.3 is 0 Å². The van der Waals surface area contributed by atoms with Crippen molar-refractivity contribution >= 4 is 10.1 Å². The minimum absolute atomic E-state index is 0.255. The molecule has 0 bridgehead atoms. The molecule has 0 amide bonds. The number of hydrogen-bond donors (Lipinski definition) is 1. The van der Waals surface area contributed by atoms with Gasteiger partial charge in [0, 0.05) is 0 Å². The lowest BCUT2D eigenvalue weighted by Gasteiger charge is -2.21. The summed E-state index contributed by atoms with van der Waals surface area (Å²) in [7, 11) is -4.08. The van der Waals surface area contributed by atoms with Crippen LogP contribution in [0.25, 0.3) is 0 Å². The standard InChI is InChI=1S/C10H13NO5S/c1-10(15-5-6-16-10)9-4-2-3-8(11-9)7-17(12,13)14/h2-4H,5-7H2,1H3,(H,12,13,14). The van der Waals surface area contributed by atoms with E-state index in [0.717, 1.165) is 0 Å². The molecule has 1 aliphatic rings. The van der Waals surface area contributed by atoms with Gasteiger partial charge in [-0.3, -0.25) is 9.54 Å². The lowest BCUT2D eigenvalue weighted by Crippen LogP contribution is -2.24. The van der Waals surface area contributed by atoms with Gasteiger partial charge < -0.3 is 9.47 Å². The molecule has 17 heavy (non-hydrogen) atoms. The first-order chi connectivity index (χ1) is 7.89. The van der Waals surface area contributed by atoms with E-state index < -0.39 is 21.7 Å². The van der Waals surface area contributed by atoms with E-state index in [0.29, 0.717) is 18.9 Å². The zero-order valence-corrected chi connectivity index (χ0v) is 10.1. The molecule has 0 unspecified atom stereocenters. The van der Waals surface area contributed by atoms with Crippen molar-refractivity contribution in [1.29, 1.82) is 0 Å². The van der Waals surface area contributed by atoms with Gasteiger partial charge in [-0.2, -0.15) is 8.42 Å². The predicted molar refractivity (Wildman–Crippen MR) is 58.7 cm³/mol. The van der Waals surface area contributed by atoms with Crippen LogP contribution in [0, 0.1) is 0 Å². The van der Waals surface area contributed by atoms with E-state index in [1.54, 1.807) is 19.1 Å². The van der Waals surface area contributed by atoms with Crippen LogP contribution < -0.4 is 0 Å². The summed E-state index contributed by atoms with van der Waals surface area (Å²) in [6.07, 6.45) is 0. The number of aromatic nitrogens is 1. The number of nitrogens with zero attached hydrogens (tertiary/aromatic N) is 1. The molecule has 1 N–H and O–H groups in total. The monoisotopic (exact) mass is 259 g/mol. The van der Waals surface area contributed by atoms with Crippen LogP contribution in [-0.2, 0) is 31.1 Å². The average Bonchev–Trinajstić information content (AvgIpc) is 2.64. The summed E-state index contributed by atoms with van der Waals surface area (Å²) in [6.45, 7) is 2.67. The molecule has 1 aromatic heterocycles. The van der Waals surface area contributed by atoms with Crippen LogP contribution in [-0.4, -0.2) is 31.2 Å². The van der Waals surface area contributed by atoms with Gasteiger partial charge in [0.1, 0.15) is 5.75 Å². The summed E-state index contributed by atoms with van der Waals surface area (Å²) in [4.78, 5) is 4.12. The van der Waals surface area contributed by atoms with Crippen molar-refractivity contribution in [3.63, 3.8) is 0 Å². The van der Waals surface area contributed by atoms with Gasteiger partial charge in [-0.05, 0) is 19.1 Å². The first-order valence-electron chi connectivity index (χ1n) is 5.08. The first kappa shape index (κ1) is 12.4. The summed E-state index contributed by atoms with van der Waals surface area (Å²) in [5, 5.41) is 0. The zero-order chi connectivity index (χ0) is 12.5. The fourth-order valence-corrected chi connectivity index (χ4v) is 2.20. The molecular weight excluding hydrogens is 246 g/mol. The Morgan fingerprint density at radius 3 is 2.65 bits per heavy atom. The molecule has 0 saturated carbocycles. The highest BCUT2D eigenvalue weighted by molar-refractivity contribution is 7.84. The van der Waals surface area contributed by atoms with Crippen molar-refractivity contribution in [3.8, 4) is 0 Å². The maximum Gasteiger partial charge on any atom is 0.270 e. The van der Waals surface area contributed by atoms with Gasteiger partial charge in [0.15, 0.2) is 0 Å². The Bertz CT molecular complexity index is 507. The molecule has 0 aromatic carbocycles. The predicted octanol–water partition coefficient (Wildman–Crippen LogP) is 0.689. The minimum atomic E-state index is -4.08. The number of pyridine rings is 1. The molecule has 94 valence electrons. The second kappa shape index (κ2) is 4.34. The Labute approximate surface area is 99.3 Å². The molecule has 0 radical (unpaired) electrons. The second-order valence-corrected chi connectivity index (χ2v) is 5.34. The summed E-state index contributed by atoms with van der Waals surface area (Å²) in [6, 6.07) is 4.87. The SMILES string of the molecule is CC1(c2cccc(CS(=O)(=O)O)n2)OCCO1. The summed E-state index contributed by atoms with van der Waals surface area (Å²) < 4.78 is 41.1. The fourth-order valence-electron chi connectivity index (χ4n) is 1.66. The van der Waals surface area contributed by atoms with E-state index in [4.69, 9.17) is 14.0 Å². The molecular formula is C10H13NO5S. The molecule has 1 aromatic rings. The van der Waals surface area contributed by atoms with Crippen LogP contribution in [0.4, 0.5) is 0 Å². The average molecular weight is 259 g/mol. The molecule has 0 aliphatic carbocycles. The van der Waals surface area contributed by atoms with E-state index in [-0.39, 0.29) is 5.69 Å². The van der Waals surface area contributed by atoms with Crippen LogP contribution in [0.1, 0.15) is 18.3 Å². The van der Waals surface area contributed by atoms with Crippen LogP contribution >= 0.6 is 0 Å². The number of hydrogen-bond acceptors (Lipinski definition) is 5. The van der Waals surface area contributed by atoms with Gasteiger partial charge in [0.2, 0.25) is 5.79 Å². The lowest BCUT2D eigenvalue weighted by molar-refractivity contribution is -0.152. The van der Waals surface area contributed by atoms with E-state index in [2.05, 4.69) is 4.98 Å². The molecule has 6 nitrogen and oxygen atoms in total. The van der Waals surface area contributed by atoms with Gasteiger partial charge in [0.05, 0.1) is 24.6 Å². The molecule has 1 fully saturated rings. The summed E-state index contributed by atoms with van der Waals surface area (Å²) in [5.74, 6) is -1.45. The third-order valence-corrected chi connectivity index (χ3v) is 3.10. The van der Waals surface area contributed by atoms with Crippen LogP contribution in [0.5, 0.6) is 0 Å². The van der Waals surface area contributed by atoms with Crippen LogP contribution in [0.2, 0.25) is 0 Å². The minimum Gasteiger partial charge on any atom is -0.342 e. The third-order valence-electron chi connectivity index (χ3n) is 2.44. The second-order valence-electron chi connectivity index (χ2n) is 3.88. The Morgan fingerprint density at radius 1 is 1.41 bits per heavy atom. The maximum absolute atomic E-state index is 10.8. The molecule has 0 atom stereocenters. The van der Waals surface area contributed by atoms with Crippen LogP contribution in [0.15, 0.2) is 18.2 Å². The van der Waals surface area contributed by atoms with Gasteiger partial charge in [0.25, 0.3) is 10.1 Å². The van der Waals surface area contributed by atoms with Crippen molar-refractivity contribution in [2.45, 2.75) is 18.5 Å². The molecule has 2 rings (SSSR count). The van der Waals surface area contributed by atoms with E-state index in [9.17, 15) is 8.42 Å². The van der Waals surface area contributed by atoms with Crippen molar-refractivity contribution in [3.05, 3.63) is 29.6 Å². The highest BCUT2D eigenvalue weighted by atomic mass is 32.2. The molecule has 0 spiro atoms. The highest BCUT2D eigenvalue weighted by Gasteiger charge is 2.34. The van der Waals surface area contributed by atoms with E-state index in [1.807, 2.05) is 0 Å². The lowest BCUT2D eigenvalue weighted by atomic mass is 10.2. The summed E-state index contributed by atoms with van der Waals surface area (Å²) in [5.41, 5.74) is 0.751. The molecule has 7 heteroatoms. The van der Waals surface area contributed by atoms with E-state index >= 15 is 0 Å². The van der Waals surface area contributed by atoms with Crippen molar-refractivity contribution in [2.75, 3.05) is 13.2 Å². The topological polar surface area (TPSA) is 85.7 Å². The molecule has 1 aliphatic heterocycles. The van der Waals surface area contributed by atoms with Gasteiger partial charge in [-0.15, -0.1) is 0 Å². The normalized spacial score (nSPS) is 19.4. The van der Waals surface area contributed by atoms with Crippen molar-refractivity contribution in [1.82, 2.24) is 4.98 Å². The number of ether oxygens (including phenoxy) is 2. The quantitative estimate of drug-likeness (QED) is 0.804. The maximum atomic E-state index is 10.8. The van der Waals surface area contributed by atoms with Gasteiger partial charge in [-0.1, -0.05) is 6.07 Å². The Kier molecular flexibility index (Phi) is 3.17. The largest absolute Gasteiger partial charge is 0.342 e. The molecule has 2 heterocycles. The Morgan fingerprint density at radius 2 is 2.06 bits per heavy atom. The first-order valence-corrected chi connectivity index (χ1v) is 6.69. The molecule has 1 saturated heterocycles. The Balaban J connectivity index is 2.28. The van der Waals surface area contributed by atoms with Crippen molar-refractivity contribution in [2.24, 2.45) is 0 Å². The zero-order valence-electron chi connectivity index (χ0n) is 9.29. The fraction of sp³-hybridized carbons (Fsp3) is 0.500. The number of rotatable bonds is 3.